The molecule has 0 aliphatic carbocycles. The second-order valence-electron chi connectivity index (χ2n) is 3.93. The molecular weight excluding hydrogens is 238 g/mol. The number of aromatic nitrogens is 1. The van der Waals surface area contributed by atoms with Crippen molar-refractivity contribution in [2.24, 2.45) is 5.73 Å². The lowest BCUT2D eigenvalue weighted by molar-refractivity contribution is 0.0774. The van der Waals surface area contributed by atoms with Gasteiger partial charge in [0.05, 0.1) is 6.04 Å². The maximum absolute atomic E-state index is 12.0. The van der Waals surface area contributed by atoms with Crippen LogP contribution in [0, 0.1) is 0 Å². The molecule has 1 aromatic heterocycles. The maximum atomic E-state index is 12.0. The van der Waals surface area contributed by atoms with Gasteiger partial charge in [-0.1, -0.05) is 0 Å². The molecule has 6 heteroatoms. The Morgan fingerprint density at radius 2 is 2.41 bits per heavy atom. The SMILES string of the molecule is COCCCN(C)C(=O)c1csc(C(C)N)n1. The van der Waals surface area contributed by atoms with Gasteiger partial charge in [-0.2, -0.15) is 0 Å². The second-order valence-corrected chi connectivity index (χ2v) is 4.82. The number of nitrogens with two attached hydrogens (primary N) is 1. The van der Waals surface area contributed by atoms with E-state index in [1.54, 1.807) is 24.4 Å². The summed E-state index contributed by atoms with van der Waals surface area (Å²) in [6, 6.07) is -0.125. The Hall–Kier alpha value is -0.980. The first-order chi connectivity index (χ1) is 8.06. The number of thiazole rings is 1. The molecule has 1 rings (SSSR count). The highest BCUT2D eigenvalue weighted by Crippen LogP contribution is 2.16. The molecule has 17 heavy (non-hydrogen) atoms. The molecule has 0 aromatic carbocycles. The number of hydrogen-bond donors (Lipinski definition) is 1. The maximum Gasteiger partial charge on any atom is 0.273 e. The number of rotatable bonds is 6. The average molecular weight is 257 g/mol. The zero-order chi connectivity index (χ0) is 12.8. The molecule has 0 spiro atoms. The van der Waals surface area contributed by atoms with E-state index in [1.807, 2.05) is 6.92 Å². The number of methoxy groups -OCH3 is 1. The van der Waals surface area contributed by atoms with Crippen molar-refractivity contribution in [3.05, 3.63) is 16.1 Å². The quantitative estimate of drug-likeness (QED) is 0.779. The molecule has 1 atom stereocenters. The first-order valence-electron chi connectivity index (χ1n) is 5.51. The summed E-state index contributed by atoms with van der Waals surface area (Å²) in [7, 11) is 3.42. The van der Waals surface area contributed by atoms with Crippen molar-refractivity contribution in [3.63, 3.8) is 0 Å². The van der Waals surface area contributed by atoms with Gasteiger partial charge in [0.15, 0.2) is 0 Å². The molecule has 1 heterocycles. The smallest absolute Gasteiger partial charge is 0.273 e. The van der Waals surface area contributed by atoms with Crippen LogP contribution in [0.5, 0.6) is 0 Å². The van der Waals surface area contributed by atoms with Crippen molar-refractivity contribution in [3.8, 4) is 0 Å². The Morgan fingerprint density at radius 3 is 2.94 bits per heavy atom. The van der Waals surface area contributed by atoms with Crippen LogP contribution in [0.15, 0.2) is 5.38 Å². The van der Waals surface area contributed by atoms with Crippen LogP contribution in [-0.2, 0) is 4.74 Å². The molecule has 0 aliphatic heterocycles. The summed E-state index contributed by atoms with van der Waals surface area (Å²) in [5.74, 6) is -0.0655. The fourth-order valence-corrected chi connectivity index (χ4v) is 2.09. The van der Waals surface area contributed by atoms with Gasteiger partial charge in [0.1, 0.15) is 10.7 Å². The summed E-state index contributed by atoms with van der Waals surface area (Å²) >= 11 is 1.42. The molecular formula is C11H19N3O2S. The van der Waals surface area contributed by atoms with Crippen molar-refractivity contribution < 1.29 is 9.53 Å². The summed E-state index contributed by atoms with van der Waals surface area (Å²) in [4.78, 5) is 17.8. The number of hydrogen-bond acceptors (Lipinski definition) is 5. The van der Waals surface area contributed by atoms with Crippen LogP contribution in [0.2, 0.25) is 0 Å². The fourth-order valence-electron chi connectivity index (χ4n) is 1.34. The van der Waals surface area contributed by atoms with Gasteiger partial charge < -0.3 is 15.4 Å². The highest BCUT2D eigenvalue weighted by molar-refractivity contribution is 7.09. The molecule has 1 unspecified atom stereocenters. The van der Waals surface area contributed by atoms with Crippen LogP contribution in [0.3, 0.4) is 0 Å². The van der Waals surface area contributed by atoms with Crippen molar-refractivity contribution in [1.29, 1.82) is 0 Å². The molecule has 0 saturated heterocycles. The zero-order valence-electron chi connectivity index (χ0n) is 10.5. The third kappa shape index (κ3) is 4.07. The van der Waals surface area contributed by atoms with E-state index in [9.17, 15) is 4.79 Å². The van der Waals surface area contributed by atoms with Gasteiger partial charge >= 0.3 is 0 Å². The Labute approximate surface area is 106 Å². The van der Waals surface area contributed by atoms with Crippen molar-refractivity contribution >= 4 is 17.2 Å². The van der Waals surface area contributed by atoms with Crippen molar-refractivity contribution in [1.82, 2.24) is 9.88 Å². The van der Waals surface area contributed by atoms with Crippen LogP contribution in [0.25, 0.3) is 0 Å². The van der Waals surface area contributed by atoms with E-state index in [4.69, 9.17) is 10.5 Å². The molecule has 0 radical (unpaired) electrons. The molecule has 0 bridgehead atoms. The van der Waals surface area contributed by atoms with E-state index in [2.05, 4.69) is 4.98 Å². The van der Waals surface area contributed by atoms with Gasteiger partial charge in [-0.05, 0) is 13.3 Å². The van der Waals surface area contributed by atoms with Gasteiger partial charge in [0.25, 0.3) is 5.91 Å². The summed E-state index contributed by atoms with van der Waals surface area (Å²) in [6.07, 6.45) is 0.822. The van der Waals surface area contributed by atoms with Crippen molar-refractivity contribution in [2.45, 2.75) is 19.4 Å². The number of nitrogens with zero attached hydrogens (tertiary/aromatic N) is 2. The highest BCUT2D eigenvalue weighted by atomic mass is 32.1. The summed E-state index contributed by atoms with van der Waals surface area (Å²) in [5, 5.41) is 2.55. The minimum absolute atomic E-state index is 0.0655. The largest absolute Gasteiger partial charge is 0.385 e. The summed E-state index contributed by atoms with van der Waals surface area (Å²) in [6.45, 7) is 3.17. The molecule has 96 valence electrons. The normalized spacial score (nSPS) is 12.5. The zero-order valence-corrected chi connectivity index (χ0v) is 11.3. The van der Waals surface area contributed by atoms with Gasteiger partial charge in [0, 0.05) is 32.7 Å². The first kappa shape index (κ1) is 14.1. The predicted octanol–water partition coefficient (Wildman–Crippen LogP) is 1.27. The highest BCUT2D eigenvalue weighted by Gasteiger charge is 2.16. The van der Waals surface area contributed by atoms with Gasteiger partial charge in [-0.3, -0.25) is 4.79 Å². The lowest BCUT2D eigenvalue weighted by Gasteiger charge is -2.15. The lowest BCUT2D eigenvalue weighted by Crippen LogP contribution is -2.28. The van der Waals surface area contributed by atoms with E-state index < -0.39 is 0 Å². The Bertz CT molecular complexity index is 365. The molecule has 0 aliphatic rings. The molecule has 2 N–H and O–H groups in total. The standard InChI is InChI=1S/C11H19N3O2S/c1-8(12)10-13-9(7-17-10)11(15)14(2)5-4-6-16-3/h7-8H,4-6,12H2,1-3H3. The third-order valence-electron chi connectivity index (χ3n) is 2.32. The van der Waals surface area contributed by atoms with Crippen LogP contribution in [0.4, 0.5) is 0 Å². The monoisotopic (exact) mass is 257 g/mol. The summed E-state index contributed by atoms with van der Waals surface area (Å²) < 4.78 is 4.95. The number of ether oxygens (including phenoxy) is 1. The van der Waals surface area contributed by atoms with Crippen LogP contribution < -0.4 is 5.73 Å². The second kappa shape index (κ2) is 6.68. The van der Waals surface area contributed by atoms with E-state index in [-0.39, 0.29) is 11.9 Å². The molecule has 1 amide bonds. The third-order valence-corrected chi connectivity index (χ3v) is 3.36. The van der Waals surface area contributed by atoms with Crippen LogP contribution in [0.1, 0.15) is 34.9 Å². The van der Waals surface area contributed by atoms with Crippen LogP contribution >= 0.6 is 11.3 Å². The number of carbonyl (C=O) groups excluding carboxylic acids is 1. The number of amides is 1. The molecule has 5 nitrogen and oxygen atoms in total. The van der Waals surface area contributed by atoms with E-state index >= 15 is 0 Å². The minimum Gasteiger partial charge on any atom is -0.385 e. The van der Waals surface area contributed by atoms with Gasteiger partial charge in [0.2, 0.25) is 0 Å². The van der Waals surface area contributed by atoms with E-state index in [0.717, 1.165) is 11.4 Å². The van der Waals surface area contributed by atoms with Crippen LogP contribution in [-0.4, -0.2) is 43.1 Å². The van der Waals surface area contributed by atoms with E-state index in [0.29, 0.717) is 18.8 Å². The first-order valence-corrected chi connectivity index (χ1v) is 6.39. The molecule has 1 aromatic rings. The lowest BCUT2D eigenvalue weighted by atomic mass is 10.3. The van der Waals surface area contributed by atoms with Crippen molar-refractivity contribution in [2.75, 3.05) is 27.3 Å². The minimum atomic E-state index is -0.125. The molecule has 0 saturated carbocycles. The van der Waals surface area contributed by atoms with E-state index in [1.165, 1.54) is 11.3 Å². The topological polar surface area (TPSA) is 68.5 Å². The Kier molecular flexibility index (Phi) is 5.54. The Balaban J connectivity index is 2.55. The predicted molar refractivity (Wildman–Crippen MR) is 68.2 cm³/mol. The Morgan fingerprint density at radius 1 is 1.71 bits per heavy atom. The van der Waals surface area contributed by atoms with Gasteiger partial charge in [-0.15, -0.1) is 11.3 Å². The summed E-state index contributed by atoms with van der Waals surface area (Å²) in [5.41, 5.74) is 6.18. The van der Waals surface area contributed by atoms with Gasteiger partial charge in [-0.25, -0.2) is 4.98 Å². The molecule has 0 fully saturated rings. The number of carbonyl (C=O) groups is 1. The fraction of sp³-hybridized carbons (Fsp3) is 0.636. The average Bonchev–Trinajstić information content (AvgIpc) is 2.77.